The van der Waals surface area contributed by atoms with E-state index >= 15 is 0 Å². The first kappa shape index (κ1) is 18.6. The largest absolute Gasteiger partial charge is 0.495 e. The van der Waals surface area contributed by atoms with Gasteiger partial charge in [-0.15, -0.1) is 0 Å². The number of rotatable bonds is 2. The molecule has 0 radical (unpaired) electrons. The van der Waals surface area contributed by atoms with E-state index in [0.717, 1.165) is 37.1 Å². The molecule has 4 rings (SSSR count). The summed E-state index contributed by atoms with van der Waals surface area (Å²) in [5.74, 6) is 0.205. The van der Waals surface area contributed by atoms with Crippen LogP contribution in [0.4, 0.5) is 0 Å². The third-order valence-corrected chi connectivity index (χ3v) is 6.30. The number of benzene rings is 1. The minimum absolute atomic E-state index is 0.0937. The smallest absolute Gasteiger partial charge is 0.161 e. The zero-order chi connectivity index (χ0) is 19.3. The van der Waals surface area contributed by atoms with Gasteiger partial charge in [-0.2, -0.15) is 0 Å². The summed E-state index contributed by atoms with van der Waals surface area (Å²) in [5.41, 5.74) is 4.14. The summed E-state index contributed by atoms with van der Waals surface area (Å²) in [6.45, 7) is 0. The van der Waals surface area contributed by atoms with Crippen molar-refractivity contribution in [3.05, 3.63) is 50.3 Å². The summed E-state index contributed by atoms with van der Waals surface area (Å²) < 4.78 is 5.57. The lowest BCUT2D eigenvalue weighted by Crippen LogP contribution is -2.37. The first-order chi connectivity index (χ1) is 12.9. The Morgan fingerprint density at radius 2 is 1.52 bits per heavy atom. The van der Waals surface area contributed by atoms with Gasteiger partial charge in [0.1, 0.15) is 5.75 Å². The van der Waals surface area contributed by atoms with E-state index in [2.05, 4.69) is 4.90 Å². The highest BCUT2D eigenvalue weighted by molar-refractivity contribution is 6.35. The van der Waals surface area contributed by atoms with Crippen molar-refractivity contribution in [1.82, 2.24) is 4.90 Å². The predicted molar refractivity (Wildman–Crippen MR) is 105 cm³/mol. The van der Waals surface area contributed by atoms with Crippen molar-refractivity contribution < 1.29 is 14.3 Å². The van der Waals surface area contributed by atoms with E-state index in [0.29, 0.717) is 45.3 Å². The average Bonchev–Trinajstić information content (AvgIpc) is 2.63. The van der Waals surface area contributed by atoms with Crippen molar-refractivity contribution in [1.29, 1.82) is 0 Å². The van der Waals surface area contributed by atoms with Crippen molar-refractivity contribution in [2.45, 2.75) is 44.4 Å². The molecule has 0 fully saturated rings. The number of carbonyl (C=O) groups excluding carboxylic acids is 2. The first-order valence-corrected chi connectivity index (χ1v) is 9.98. The fraction of sp³-hybridized carbons (Fsp3) is 0.429. The predicted octanol–water partition coefficient (Wildman–Crippen LogP) is 5.05. The zero-order valence-corrected chi connectivity index (χ0v) is 16.9. The summed E-state index contributed by atoms with van der Waals surface area (Å²) in [7, 11) is 3.52. The summed E-state index contributed by atoms with van der Waals surface area (Å²) in [6, 6.07) is 3.40. The molecule has 1 heterocycles. The van der Waals surface area contributed by atoms with Crippen LogP contribution in [0.3, 0.4) is 0 Å². The molecular weight excluding hydrogens is 385 g/mol. The molecule has 1 aliphatic heterocycles. The molecule has 0 saturated heterocycles. The van der Waals surface area contributed by atoms with Gasteiger partial charge in [0, 0.05) is 58.9 Å². The number of hydrogen-bond acceptors (Lipinski definition) is 4. The Morgan fingerprint density at radius 1 is 0.963 bits per heavy atom. The fourth-order valence-corrected chi connectivity index (χ4v) is 5.26. The molecule has 1 aromatic rings. The van der Waals surface area contributed by atoms with Crippen molar-refractivity contribution >= 4 is 34.8 Å². The normalized spacial score (nSPS) is 20.8. The Morgan fingerprint density at radius 3 is 2.04 bits per heavy atom. The second-order valence-electron chi connectivity index (χ2n) is 7.28. The number of allylic oxidation sites excluding steroid dienone is 4. The first-order valence-electron chi connectivity index (χ1n) is 9.23. The second kappa shape index (κ2) is 6.99. The van der Waals surface area contributed by atoms with Gasteiger partial charge in [0.05, 0.1) is 12.1 Å². The summed E-state index contributed by atoms with van der Waals surface area (Å²) in [5, 5.41) is 0.847. The number of carbonyl (C=O) groups is 2. The molecule has 0 spiro atoms. The van der Waals surface area contributed by atoms with E-state index in [9.17, 15) is 9.59 Å². The van der Waals surface area contributed by atoms with Gasteiger partial charge in [-0.05, 0) is 37.8 Å². The molecule has 142 valence electrons. The van der Waals surface area contributed by atoms with Crippen LogP contribution >= 0.6 is 23.2 Å². The third kappa shape index (κ3) is 2.90. The van der Waals surface area contributed by atoms with Crippen LogP contribution < -0.4 is 4.74 Å². The monoisotopic (exact) mass is 405 g/mol. The standard InChI is InChI=1S/C21H21Cl2NO3/c1-24-14-5-3-7-16(25)19(14)18(20-15(24)6-4-8-17(20)26)12-9-11(22)10-13(23)21(12)27-2/h9-10,18H,3-8H2,1-2H3. The Kier molecular flexibility index (Phi) is 4.81. The van der Waals surface area contributed by atoms with E-state index in [4.69, 9.17) is 27.9 Å². The fourth-order valence-electron chi connectivity index (χ4n) is 4.67. The number of nitrogens with zero attached hydrogens (tertiary/aromatic N) is 1. The highest BCUT2D eigenvalue weighted by Crippen LogP contribution is 2.51. The Labute approximate surface area is 168 Å². The molecule has 6 heteroatoms. The molecular formula is C21H21Cl2NO3. The minimum atomic E-state index is -0.460. The third-order valence-electron chi connectivity index (χ3n) is 5.80. The van der Waals surface area contributed by atoms with E-state index in [1.807, 2.05) is 7.05 Å². The lowest BCUT2D eigenvalue weighted by Gasteiger charge is -2.42. The number of methoxy groups -OCH3 is 1. The second-order valence-corrected chi connectivity index (χ2v) is 8.12. The molecule has 0 atom stereocenters. The number of ketones is 2. The molecule has 0 saturated carbocycles. The minimum Gasteiger partial charge on any atom is -0.495 e. The van der Waals surface area contributed by atoms with Crippen LogP contribution in [0.25, 0.3) is 0 Å². The zero-order valence-electron chi connectivity index (χ0n) is 15.4. The topological polar surface area (TPSA) is 46.6 Å². The van der Waals surface area contributed by atoms with E-state index < -0.39 is 5.92 Å². The van der Waals surface area contributed by atoms with Crippen LogP contribution in [0.1, 0.15) is 50.0 Å². The lowest BCUT2D eigenvalue weighted by atomic mass is 9.71. The van der Waals surface area contributed by atoms with Gasteiger partial charge in [0.2, 0.25) is 0 Å². The van der Waals surface area contributed by atoms with Crippen LogP contribution in [-0.2, 0) is 9.59 Å². The number of hydrogen-bond donors (Lipinski definition) is 0. The molecule has 0 N–H and O–H groups in total. The van der Waals surface area contributed by atoms with E-state index in [-0.39, 0.29) is 11.6 Å². The number of ether oxygens (including phenoxy) is 1. The molecule has 0 amide bonds. The van der Waals surface area contributed by atoms with Crippen molar-refractivity contribution in [2.75, 3.05) is 14.2 Å². The molecule has 0 bridgehead atoms. The highest BCUT2D eigenvalue weighted by atomic mass is 35.5. The van der Waals surface area contributed by atoms with Crippen LogP contribution in [0, 0.1) is 0 Å². The molecule has 1 aromatic carbocycles. The highest BCUT2D eigenvalue weighted by Gasteiger charge is 2.43. The van der Waals surface area contributed by atoms with Crippen molar-refractivity contribution in [3.63, 3.8) is 0 Å². The Bertz CT molecular complexity index is 872. The SMILES string of the molecule is COc1c(Cl)cc(Cl)cc1C1C2=C(CCCC2=O)N(C)C2=C1C(=O)CCC2. The van der Waals surface area contributed by atoms with Crippen LogP contribution in [0.5, 0.6) is 5.75 Å². The molecule has 0 aromatic heterocycles. The average molecular weight is 406 g/mol. The van der Waals surface area contributed by atoms with Crippen molar-refractivity contribution in [2.24, 2.45) is 0 Å². The number of halogens is 2. The lowest BCUT2D eigenvalue weighted by molar-refractivity contribution is -0.117. The van der Waals surface area contributed by atoms with Gasteiger partial charge in [-0.3, -0.25) is 9.59 Å². The maximum absolute atomic E-state index is 13.0. The van der Waals surface area contributed by atoms with E-state index in [1.54, 1.807) is 19.2 Å². The van der Waals surface area contributed by atoms with Gasteiger partial charge in [-0.25, -0.2) is 0 Å². The molecule has 4 nitrogen and oxygen atoms in total. The maximum Gasteiger partial charge on any atom is 0.161 e. The Hall–Kier alpha value is -1.78. The summed E-state index contributed by atoms with van der Waals surface area (Å²) >= 11 is 12.7. The summed E-state index contributed by atoms with van der Waals surface area (Å²) in [4.78, 5) is 28.0. The molecule has 3 aliphatic rings. The van der Waals surface area contributed by atoms with Crippen LogP contribution in [0.15, 0.2) is 34.7 Å². The van der Waals surface area contributed by atoms with Crippen LogP contribution in [-0.4, -0.2) is 30.6 Å². The number of Topliss-reactive ketones (excluding diaryl/α,β-unsaturated/α-hetero) is 2. The molecule has 0 unspecified atom stereocenters. The van der Waals surface area contributed by atoms with Crippen LogP contribution in [0.2, 0.25) is 10.0 Å². The van der Waals surface area contributed by atoms with Gasteiger partial charge < -0.3 is 9.64 Å². The van der Waals surface area contributed by atoms with Crippen molar-refractivity contribution in [3.8, 4) is 5.75 Å². The quantitative estimate of drug-likeness (QED) is 0.690. The maximum atomic E-state index is 13.0. The molecule has 27 heavy (non-hydrogen) atoms. The van der Waals surface area contributed by atoms with Gasteiger partial charge in [0.25, 0.3) is 0 Å². The van der Waals surface area contributed by atoms with Gasteiger partial charge in [0.15, 0.2) is 11.6 Å². The van der Waals surface area contributed by atoms with E-state index in [1.165, 1.54) is 0 Å². The van der Waals surface area contributed by atoms with Gasteiger partial charge >= 0.3 is 0 Å². The van der Waals surface area contributed by atoms with Gasteiger partial charge in [-0.1, -0.05) is 23.2 Å². The molecule has 2 aliphatic carbocycles. The summed E-state index contributed by atoms with van der Waals surface area (Å²) in [6.07, 6.45) is 4.32. The Balaban J connectivity index is 2.03.